The van der Waals surface area contributed by atoms with Gasteiger partial charge in [0.05, 0.1) is 25.9 Å². The van der Waals surface area contributed by atoms with E-state index >= 15 is 0 Å². The molecule has 0 saturated carbocycles. The van der Waals surface area contributed by atoms with Crippen LogP contribution in [0.3, 0.4) is 0 Å². The van der Waals surface area contributed by atoms with Crippen LogP contribution in [0.15, 0.2) is 0 Å². The first-order valence-electron chi connectivity index (χ1n) is 6.54. The summed E-state index contributed by atoms with van der Waals surface area (Å²) in [6.07, 6.45) is -6.52. The second-order valence-electron chi connectivity index (χ2n) is 5.03. The number of rotatable bonds is 5. The largest absolute Gasteiger partial charge is 0.465 e. The molecule has 22 heavy (non-hydrogen) atoms. The van der Waals surface area contributed by atoms with E-state index in [0.717, 1.165) is 14.0 Å². The predicted molar refractivity (Wildman–Crippen MR) is 69.1 cm³/mol. The summed E-state index contributed by atoms with van der Waals surface area (Å²) in [4.78, 5) is 22.5. The van der Waals surface area contributed by atoms with Crippen molar-refractivity contribution in [2.75, 3.05) is 13.7 Å². The van der Waals surface area contributed by atoms with Gasteiger partial charge in [-0.2, -0.15) is 0 Å². The summed E-state index contributed by atoms with van der Waals surface area (Å²) in [5.74, 6) is -4.46. The van der Waals surface area contributed by atoms with Crippen LogP contribution in [-0.2, 0) is 23.8 Å². The van der Waals surface area contributed by atoms with Gasteiger partial charge in [0.2, 0.25) is 0 Å². The number of hydrogen-bond donors (Lipinski definition) is 5. The SMILES string of the molecule is COC(=O)[C@]1(O)C[C@@H](O)[C@@H](N)C([C@H](O)[C@@H](CO)OC(C)=O)O1. The highest BCUT2D eigenvalue weighted by atomic mass is 16.7. The molecule has 0 amide bonds. The number of methoxy groups -OCH3 is 1. The lowest BCUT2D eigenvalue weighted by Crippen LogP contribution is -2.66. The van der Waals surface area contributed by atoms with E-state index in [-0.39, 0.29) is 0 Å². The Morgan fingerprint density at radius 2 is 2.09 bits per heavy atom. The summed E-state index contributed by atoms with van der Waals surface area (Å²) in [5.41, 5.74) is 5.69. The first-order valence-corrected chi connectivity index (χ1v) is 6.54. The standard InChI is InChI=1S/C12H21NO9/c1-5(15)21-7(4-14)9(17)10-8(13)6(16)3-12(19,22-10)11(18)20-2/h6-10,14,16-17,19H,3-4,13H2,1-2H3/t6-,7-,8-,9-,10?,12+/m1/s1. The van der Waals surface area contributed by atoms with Crippen LogP contribution in [0.25, 0.3) is 0 Å². The number of aliphatic hydroxyl groups is 4. The van der Waals surface area contributed by atoms with Crippen molar-refractivity contribution in [2.45, 2.75) is 49.6 Å². The third kappa shape index (κ3) is 3.91. The van der Waals surface area contributed by atoms with Crippen LogP contribution in [0, 0.1) is 0 Å². The maximum Gasteiger partial charge on any atom is 0.366 e. The number of aliphatic hydroxyl groups excluding tert-OH is 3. The van der Waals surface area contributed by atoms with Gasteiger partial charge in [-0.15, -0.1) is 0 Å². The van der Waals surface area contributed by atoms with Crippen molar-refractivity contribution in [1.82, 2.24) is 0 Å². The third-order valence-electron chi connectivity index (χ3n) is 3.36. The first-order chi connectivity index (χ1) is 10.2. The van der Waals surface area contributed by atoms with E-state index in [1.807, 2.05) is 0 Å². The van der Waals surface area contributed by atoms with E-state index < -0.39 is 61.2 Å². The molecule has 0 aromatic carbocycles. The van der Waals surface area contributed by atoms with E-state index in [2.05, 4.69) is 4.74 Å². The van der Waals surface area contributed by atoms with Gasteiger partial charge in [0.1, 0.15) is 12.2 Å². The highest BCUT2D eigenvalue weighted by Gasteiger charge is 2.53. The topological polar surface area (TPSA) is 169 Å². The fourth-order valence-corrected chi connectivity index (χ4v) is 2.22. The summed E-state index contributed by atoms with van der Waals surface area (Å²) >= 11 is 0. The Bertz CT molecular complexity index is 417. The van der Waals surface area contributed by atoms with Gasteiger partial charge in [-0.3, -0.25) is 4.79 Å². The minimum atomic E-state index is -2.51. The van der Waals surface area contributed by atoms with Crippen molar-refractivity contribution in [2.24, 2.45) is 5.73 Å². The Hall–Kier alpha value is -1.30. The van der Waals surface area contributed by atoms with Crippen LogP contribution in [0.4, 0.5) is 0 Å². The van der Waals surface area contributed by atoms with Crippen molar-refractivity contribution >= 4 is 11.9 Å². The van der Waals surface area contributed by atoms with E-state index in [9.17, 15) is 24.9 Å². The molecule has 1 rings (SSSR count). The molecule has 0 aliphatic carbocycles. The molecule has 0 radical (unpaired) electrons. The van der Waals surface area contributed by atoms with Gasteiger partial charge in [0.15, 0.2) is 6.10 Å². The van der Waals surface area contributed by atoms with Gasteiger partial charge >= 0.3 is 11.9 Å². The fraction of sp³-hybridized carbons (Fsp3) is 0.833. The van der Waals surface area contributed by atoms with Gasteiger partial charge in [-0.1, -0.05) is 0 Å². The van der Waals surface area contributed by atoms with Crippen molar-refractivity contribution in [3.63, 3.8) is 0 Å². The molecule has 0 aromatic rings. The average molecular weight is 323 g/mol. The summed E-state index contributed by atoms with van der Waals surface area (Å²) < 4.78 is 14.2. The van der Waals surface area contributed by atoms with Gasteiger partial charge in [-0.05, 0) is 0 Å². The second kappa shape index (κ2) is 7.31. The summed E-state index contributed by atoms with van der Waals surface area (Å²) in [7, 11) is 1.01. The zero-order chi connectivity index (χ0) is 17.1. The smallest absolute Gasteiger partial charge is 0.366 e. The molecule has 1 unspecified atom stereocenters. The average Bonchev–Trinajstić information content (AvgIpc) is 2.46. The van der Waals surface area contributed by atoms with Crippen molar-refractivity contribution in [3.8, 4) is 0 Å². The normalized spacial score (nSPS) is 34.6. The molecule has 0 spiro atoms. The summed E-state index contributed by atoms with van der Waals surface area (Å²) in [5, 5.41) is 39.3. The highest BCUT2D eigenvalue weighted by Crippen LogP contribution is 2.30. The minimum absolute atomic E-state index is 0.554. The lowest BCUT2D eigenvalue weighted by molar-refractivity contribution is -0.294. The molecule has 128 valence electrons. The van der Waals surface area contributed by atoms with Crippen molar-refractivity contribution in [1.29, 1.82) is 0 Å². The Morgan fingerprint density at radius 1 is 1.50 bits per heavy atom. The Balaban J connectivity index is 2.98. The number of hydrogen-bond acceptors (Lipinski definition) is 10. The highest BCUT2D eigenvalue weighted by molar-refractivity contribution is 5.77. The first kappa shape index (κ1) is 18.7. The van der Waals surface area contributed by atoms with Crippen LogP contribution in [-0.4, -0.2) is 82.3 Å². The summed E-state index contributed by atoms with van der Waals surface area (Å²) in [6.45, 7) is 0.316. The number of carbonyl (C=O) groups excluding carboxylic acids is 2. The maximum absolute atomic E-state index is 11.6. The molecule has 1 heterocycles. The van der Waals surface area contributed by atoms with Crippen LogP contribution in [0.2, 0.25) is 0 Å². The van der Waals surface area contributed by atoms with Gasteiger partial charge in [0.25, 0.3) is 5.79 Å². The molecule has 1 aliphatic rings. The molecule has 1 saturated heterocycles. The van der Waals surface area contributed by atoms with Gasteiger partial charge in [0, 0.05) is 13.3 Å². The molecule has 10 heteroatoms. The number of ether oxygens (including phenoxy) is 3. The van der Waals surface area contributed by atoms with Crippen molar-refractivity contribution < 1.29 is 44.2 Å². The lowest BCUT2D eigenvalue weighted by Gasteiger charge is -2.43. The molecule has 6 atom stereocenters. The van der Waals surface area contributed by atoms with E-state index in [1.54, 1.807) is 0 Å². The summed E-state index contributed by atoms with van der Waals surface area (Å²) in [6, 6.07) is -1.19. The Kier molecular flexibility index (Phi) is 6.23. The minimum Gasteiger partial charge on any atom is -0.465 e. The number of esters is 2. The molecule has 10 nitrogen and oxygen atoms in total. The van der Waals surface area contributed by atoms with Gasteiger partial charge in [-0.25, -0.2) is 4.79 Å². The Labute approximate surface area is 126 Å². The quantitative estimate of drug-likeness (QED) is 0.322. The zero-order valence-corrected chi connectivity index (χ0v) is 12.2. The molecule has 1 fully saturated rings. The Morgan fingerprint density at radius 3 is 2.55 bits per heavy atom. The van der Waals surface area contributed by atoms with Crippen LogP contribution >= 0.6 is 0 Å². The zero-order valence-electron chi connectivity index (χ0n) is 12.2. The van der Waals surface area contributed by atoms with E-state index in [1.165, 1.54) is 0 Å². The van der Waals surface area contributed by atoms with Crippen molar-refractivity contribution in [3.05, 3.63) is 0 Å². The molecular formula is C12H21NO9. The second-order valence-corrected chi connectivity index (χ2v) is 5.03. The number of carbonyl (C=O) groups is 2. The molecule has 6 N–H and O–H groups in total. The lowest BCUT2D eigenvalue weighted by atomic mass is 9.89. The fourth-order valence-electron chi connectivity index (χ4n) is 2.22. The van der Waals surface area contributed by atoms with Crippen LogP contribution in [0.5, 0.6) is 0 Å². The third-order valence-corrected chi connectivity index (χ3v) is 3.36. The van der Waals surface area contributed by atoms with Crippen LogP contribution < -0.4 is 5.73 Å². The van der Waals surface area contributed by atoms with E-state index in [4.69, 9.17) is 20.3 Å². The van der Waals surface area contributed by atoms with E-state index in [0.29, 0.717) is 0 Å². The van der Waals surface area contributed by atoms with Crippen LogP contribution in [0.1, 0.15) is 13.3 Å². The maximum atomic E-state index is 11.6. The van der Waals surface area contributed by atoms with Gasteiger partial charge < -0.3 is 40.4 Å². The molecular weight excluding hydrogens is 302 g/mol. The monoisotopic (exact) mass is 323 g/mol. The predicted octanol–water partition coefficient (Wildman–Crippen LogP) is -3.39. The molecule has 1 aliphatic heterocycles. The number of nitrogens with two attached hydrogens (primary N) is 1. The molecule has 0 bridgehead atoms. The molecule has 0 aromatic heterocycles.